The van der Waals surface area contributed by atoms with Gasteiger partial charge in [0.1, 0.15) is 5.75 Å². The van der Waals surface area contributed by atoms with E-state index < -0.39 is 0 Å². The van der Waals surface area contributed by atoms with Gasteiger partial charge in [-0.05, 0) is 36.5 Å². The van der Waals surface area contributed by atoms with Crippen LogP contribution in [0.25, 0.3) is 0 Å². The fourth-order valence-electron chi connectivity index (χ4n) is 2.75. The van der Waals surface area contributed by atoms with Crippen molar-refractivity contribution in [1.29, 1.82) is 0 Å². The molecule has 98 valence electrons. The van der Waals surface area contributed by atoms with Gasteiger partial charge in [0.2, 0.25) is 5.91 Å². The molecule has 1 aliphatic rings. The molecule has 0 saturated heterocycles. The van der Waals surface area contributed by atoms with Gasteiger partial charge in [0.15, 0.2) is 0 Å². The molecule has 1 aromatic rings. The van der Waals surface area contributed by atoms with Crippen LogP contribution >= 0.6 is 0 Å². The van der Waals surface area contributed by atoms with Gasteiger partial charge in [0.25, 0.3) is 0 Å². The van der Waals surface area contributed by atoms with Crippen molar-refractivity contribution in [2.75, 3.05) is 7.05 Å². The summed E-state index contributed by atoms with van der Waals surface area (Å²) in [6, 6.07) is 7.03. The summed E-state index contributed by atoms with van der Waals surface area (Å²) in [6.45, 7) is 2.78. The van der Waals surface area contributed by atoms with Crippen LogP contribution in [0, 0.1) is 11.8 Å². The van der Waals surface area contributed by atoms with E-state index in [-0.39, 0.29) is 17.6 Å². The maximum Gasteiger partial charge on any atom is 0.225 e. The number of amides is 1. The van der Waals surface area contributed by atoms with Crippen LogP contribution in [-0.2, 0) is 11.3 Å². The highest BCUT2D eigenvalue weighted by Gasteiger charge is 2.31. The summed E-state index contributed by atoms with van der Waals surface area (Å²) in [5.74, 6) is 1.23. The third-order valence-electron chi connectivity index (χ3n) is 3.91. The number of nitrogens with zero attached hydrogens (tertiary/aromatic N) is 1. The van der Waals surface area contributed by atoms with Crippen molar-refractivity contribution >= 4 is 5.91 Å². The van der Waals surface area contributed by atoms with Gasteiger partial charge in [0.05, 0.1) is 0 Å². The Bertz CT molecular complexity index is 413. The highest BCUT2D eigenvalue weighted by molar-refractivity contribution is 5.79. The first-order valence-electron chi connectivity index (χ1n) is 6.61. The normalized spacial score (nSPS) is 23.0. The molecule has 0 spiro atoms. The van der Waals surface area contributed by atoms with E-state index in [9.17, 15) is 9.90 Å². The first-order chi connectivity index (χ1) is 8.58. The summed E-state index contributed by atoms with van der Waals surface area (Å²) in [5.41, 5.74) is 1.05. The van der Waals surface area contributed by atoms with Crippen LogP contribution in [0.4, 0.5) is 0 Å². The molecule has 0 radical (unpaired) electrons. The second-order valence-corrected chi connectivity index (χ2v) is 5.38. The zero-order valence-corrected chi connectivity index (χ0v) is 11.1. The molecule has 2 unspecified atom stereocenters. The Hall–Kier alpha value is -1.51. The second-order valence-electron chi connectivity index (χ2n) is 5.38. The molecule has 1 N–H and O–H groups in total. The Morgan fingerprint density at radius 2 is 2.00 bits per heavy atom. The summed E-state index contributed by atoms with van der Waals surface area (Å²) in [5, 5.41) is 9.23. The zero-order valence-electron chi connectivity index (χ0n) is 11.1. The molecule has 3 nitrogen and oxygen atoms in total. The Labute approximate surface area is 108 Å². The van der Waals surface area contributed by atoms with E-state index in [0.29, 0.717) is 12.5 Å². The first kappa shape index (κ1) is 12.9. The number of benzene rings is 1. The first-order valence-corrected chi connectivity index (χ1v) is 6.61. The van der Waals surface area contributed by atoms with E-state index >= 15 is 0 Å². The van der Waals surface area contributed by atoms with Crippen LogP contribution in [-0.4, -0.2) is 23.0 Å². The number of aromatic hydroxyl groups is 1. The van der Waals surface area contributed by atoms with Crippen LogP contribution in [0.1, 0.15) is 31.7 Å². The van der Waals surface area contributed by atoms with Crippen molar-refractivity contribution in [2.45, 2.75) is 32.7 Å². The van der Waals surface area contributed by atoms with E-state index in [1.165, 1.54) is 12.8 Å². The highest BCUT2D eigenvalue weighted by Crippen LogP contribution is 2.32. The Balaban J connectivity index is 1.97. The minimum Gasteiger partial charge on any atom is -0.508 e. The number of hydrogen-bond acceptors (Lipinski definition) is 2. The summed E-state index contributed by atoms with van der Waals surface area (Å²) in [7, 11) is 1.86. The van der Waals surface area contributed by atoms with Crippen molar-refractivity contribution in [3.8, 4) is 5.75 Å². The maximum atomic E-state index is 12.3. The van der Waals surface area contributed by atoms with Gasteiger partial charge in [-0.1, -0.05) is 25.5 Å². The fourth-order valence-corrected chi connectivity index (χ4v) is 2.75. The average molecular weight is 247 g/mol. The van der Waals surface area contributed by atoms with Gasteiger partial charge in [-0.2, -0.15) is 0 Å². The van der Waals surface area contributed by atoms with E-state index in [0.717, 1.165) is 12.0 Å². The van der Waals surface area contributed by atoms with Crippen molar-refractivity contribution in [2.24, 2.45) is 11.8 Å². The molecule has 1 amide bonds. The smallest absolute Gasteiger partial charge is 0.225 e. The quantitative estimate of drug-likeness (QED) is 0.892. The predicted octanol–water partition coefficient (Wildman–Crippen LogP) is 2.79. The highest BCUT2D eigenvalue weighted by atomic mass is 16.3. The average Bonchev–Trinajstić information content (AvgIpc) is 2.77. The van der Waals surface area contributed by atoms with E-state index in [4.69, 9.17) is 0 Å². The van der Waals surface area contributed by atoms with Gasteiger partial charge in [-0.15, -0.1) is 0 Å². The summed E-state index contributed by atoms with van der Waals surface area (Å²) in [4.78, 5) is 14.1. The van der Waals surface area contributed by atoms with Gasteiger partial charge in [-0.3, -0.25) is 4.79 Å². The lowest BCUT2D eigenvalue weighted by Crippen LogP contribution is -2.33. The standard InChI is InChI=1S/C15H21NO2/c1-11-4-3-5-14(11)15(18)16(2)10-12-6-8-13(17)9-7-12/h6-9,11,14,17H,3-5,10H2,1-2H3. The molecule has 1 aliphatic carbocycles. The molecular weight excluding hydrogens is 226 g/mol. The SMILES string of the molecule is CC1CCCC1C(=O)N(C)Cc1ccc(O)cc1. The Morgan fingerprint density at radius 3 is 2.56 bits per heavy atom. The van der Waals surface area contributed by atoms with E-state index in [1.54, 1.807) is 17.0 Å². The molecular formula is C15H21NO2. The monoisotopic (exact) mass is 247 g/mol. The lowest BCUT2D eigenvalue weighted by Gasteiger charge is -2.23. The van der Waals surface area contributed by atoms with Crippen LogP contribution in [0.2, 0.25) is 0 Å². The number of carbonyl (C=O) groups is 1. The molecule has 2 atom stereocenters. The molecule has 0 aromatic heterocycles. The van der Waals surface area contributed by atoms with Crippen LogP contribution in [0.15, 0.2) is 24.3 Å². The number of rotatable bonds is 3. The van der Waals surface area contributed by atoms with Crippen LogP contribution in [0.3, 0.4) is 0 Å². The maximum absolute atomic E-state index is 12.3. The van der Waals surface area contributed by atoms with E-state index in [2.05, 4.69) is 6.92 Å². The number of phenols is 1. The van der Waals surface area contributed by atoms with Gasteiger partial charge < -0.3 is 10.0 Å². The topological polar surface area (TPSA) is 40.5 Å². The van der Waals surface area contributed by atoms with Gasteiger partial charge >= 0.3 is 0 Å². The Morgan fingerprint density at radius 1 is 1.33 bits per heavy atom. The number of phenolic OH excluding ortho intramolecular Hbond substituents is 1. The largest absolute Gasteiger partial charge is 0.508 e. The molecule has 3 heteroatoms. The van der Waals surface area contributed by atoms with Crippen molar-refractivity contribution < 1.29 is 9.90 Å². The Kier molecular flexibility index (Phi) is 3.90. The molecule has 0 heterocycles. The summed E-state index contributed by atoms with van der Waals surface area (Å²) < 4.78 is 0. The fraction of sp³-hybridized carbons (Fsp3) is 0.533. The number of carbonyl (C=O) groups excluding carboxylic acids is 1. The second kappa shape index (κ2) is 5.42. The molecule has 2 rings (SSSR count). The van der Waals surface area contributed by atoms with Crippen molar-refractivity contribution in [3.05, 3.63) is 29.8 Å². The van der Waals surface area contributed by atoms with Gasteiger partial charge in [-0.25, -0.2) is 0 Å². The lowest BCUT2D eigenvalue weighted by molar-refractivity contribution is -0.135. The minimum absolute atomic E-state index is 0.201. The minimum atomic E-state index is 0.201. The molecule has 1 saturated carbocycles. The van der Waals surface area contributed by atoms with Gasteiger partial charge in [0, 0.05) is 19.5 Å². The molecule has 0 aliphatic heterocycles. The molecule has 0 bridgehead atoms. The third-order valence-corrected chi connectivity index (χ3v) is 3.91. The molecule has 1 fully saturated rings. The predicted molar refractivity (Wildman–Crippen MR) is 71.1 cm³/mol. The van der Waals surface area contributed by atoms with Crippen molar-refractivity contribution in [3.63, 3.8) is 0 Å². The van der Waals surface area contributed by atoms with Crippen LogP contribution < -0.4 is 0 Å². The summed E-state index contributed by atoms with van der Waals surface area (Å²) in [6.07, 6.45) is 3.37. The van der Waals surface area contributed by atoms with Crippen LogP contribution in [0.5, 0.6) is 5.75 Å². The number of hydrogen-bond donors (Lipinski definition) is 1. The molecule has 1 aromatic carbocycles. The van der Waals surface area contributed by atoms with E-state index in [1.807, 2.05) is 19.2 Å². The zero-order chi connectivity index (χ0) is 13.1. The third kappa shape index (κ3) is 2.84. The lowest BCUT2D eigenvalue weighted by atomic mass is 9.96. The van der Waals surface area contributed by atoms with Crippen molar-refractivity contribution in [1.82, 2.24) is 4.90 Å². The molecule has 18 heavy (non-hydrogen) atoms. The summed E-state index contributed by atoms with van der Waals surface area (Å²) >= 11 is 0.